The molecule has 1 N–H and O–H groups in total. The van der Waals surface area contributed by atoms with Crippen molar-refractivity contribution in [1.82, 2.24) is 0 Å². The molecule has 1 heterocycles. The number of hydrogen-bond acceptors (Lipinski definition) is 3. The van der Waals surface area contributed by atoms with Crippen LogP contribution in [0.1, 0.15) is 25.0 Å². The molecule has 2 rings (SSSR count). The Balaban J connectivity index is 2.35. The lowest BCUT2D eigenvalue weighted by atomic mass is 10.0. The van der Waals surface area contributed by atoms with Crippen molar-refractivity contribution in [2.45, 2.75) is 25.9 Å². The number of fused-ring (bicyclic) bond motifs is 1. The number of nitrogens with zero attached hydrogens (tertiary/aromatic N) is 1. The van der Waals surface area contributed by atoms with Gasteiger partial charge in [0.1, 0.15) is 11.4 Å². The summed E-state index contributed by atoms with van der Waals surface area (Å²) in [5.41, 5.74) is 1.96. The Morgan fingerprint density at radius 2 is 2.29 bits per heavy atom. The van der Waals surface area contributed by atoms with E-state index >= 15 is 0 Å². The second kappa shape index (κ2) is 3.01. The van der Waals surface area contributed by atoms with E-state index in [0.29, 0.717) is 0 Å². The minimum absolute atomic E-state index is 0.114. The lowest BCUT2D eigenvalue weighted by Gasteiger charge is -2.16. The molecule has 0 bridgehead atoms. The maximum absolute atomic E-state index is 8.41. The minimum atomic E-state index is -0.114. The second-order valence-corrected chi connectivity index (χ2v) is 4.15. The molecule has 0 saturated heterocycles. The van der Waals surface area contributed by atoms with Crippen LogP contribution in [0.3, 0.4) is 0 Å². The van der Waals surface area contributed by atoms with E-state index < -0.39 is 0 Å². The topological polar surface area (TPSA) is 41.8 Å². The molecule has 0 aromatic heterocycles. The molecule has 3 nitrogen and oxygen atoms in total. The molecule has 1 aromatic carbocycles. The highest BCUT2D eigenvalue weighted by molar-refractivity contribution is 5.79. The largest absolute Gasteiger partial charge is 0.487 e. The first kappa shape index (κ1) is 9.06. The van der Waals surface area contributed by atoms with Crippen molar-refractivity contribution in [3.05, 3.63) is 29.3 Å². The van der Waals surface area contributed by atoms with Crippen molar-refractivity contribution >= 4 is 6.21 Å². The van der Waals surface area contributed by atoms with Gasteiger partial charge in [-0.15, -0.1) is 0 Å². The molecular formula is C11H13NO2. The van der Waals surface area contributed by atoms with Crippen molar-refractivity contribution in [3.8, 4) is 5.75 Å². The molecule has 1 aliphatic rings. The number of ether oxygens (including phenoxy) is 1. The molecule has 0 unspecified atom stereocenters. The molecule has 0 saturated carbocycles. The van der Waals surface area contributed by atoms with Gasteiger partial charge in [-0.1, -0.05) is 5.16 Å². The third-order valence-electron chi connectivity index (χ3n) is 2.29. The van der Waals surface area contributed by atoms with Crippen molar-refractivity contribution < 1.29 is 9.94 Å². The molecule has 0 radical (unpaired) electrons. The van der Waals surface area contributed by atoms with E-state index in [4.69, 9.17) is 9.94 Å². The average molecular weight is 191 g/mol. The molecule has 0 fully saturated rings. The smallest absolute Gasteiger partial charge is 0.123 e. The fourth-order valence-electron chi connectivity index (χ4n) is 1.78. The molecule has 0 spiro atoms. The van der Waals surface area contributed by atoms with E-state index in [-0.39, 0.29) is 5.60 Å². The van der Waals surface area contributed by atoms with Gasteiger partial charge < -0.3 is 9.94 Å². The Morgan fingerprint density at radius 1 is 1.50 bits per heavy atom. The number of benzene rings is 1. The highest BCUT2D eigenvalue weighted by atomic mass is 16.5. The van der Waals surface area contributed by atoms with Crippen molar-refractivity contribution in [3.63, 3.8) is 0 Å². The Kier molecular flexibility index (Phi) is 1.95. The van der Waals surface area contributed by atoms with Gasteiger partial charge in [0.25, 0.3) is 0 Å². The molecular weight excluding hydrogens is 178 g/mol. The maximum atomic E-state index is 8.41. The summed E-state index contributed by atoms with van der Waals surface area (Å²) < 4.78 is 5.72. The SMILES string of the molecule is CC1(C)Cc2cc(/C=N/O)ccc2O1. The van der Waals surface area contributed by atoms with E-state index in [1.807, 2.05) is 18.2 Å². The molecule has 0 atom stereocenters. The Bertz CT molecular complexity index is 383. The fourth-order valence-corrected chi connectivity index (χ4v) is 1.78. The van der Waals surface area contributed by atoms with Gasteiger partial charge >= 0.3 is 0 Å². The fraction of sp³-hybridized carbons (Fsp3) is 0.364. The highest BCUT2D eigenvalue weighted by Gasteiger charge is 2.29. The van der Waals surface area contributed by atoms with Gasteiger partial charge in [0.05, 0.1) is 6.21 Å². The summed E-state index contributed by atoms with van der Waals surface area (Å²) >= 11 is 0. The standard InChI is InChI=1S/C11H13NO2/c1-11(2)6-9-5-8(7-12-13)3-4-10(9)14-11/h3-5,7,13H,6H2,1-2H3/b12-7+. The summed E-state index contributed by atoms with van der Waals surface area (Å²) in [6.07, 6.45) is 2.32. The summed E-state index contributed by atoms with van der Waals surface area (Å²) in [4.78, 5) is 0. The summed E-state index contributed by atoms with van der Waals surface area (Å²) in [6, 6.07) is 5.78. The van der Waals surface area contributed by atoms with Gasteiger partial charge in [-0.05, 0) is 43.2 Å². The normalized spacial score (nSPS) is 18.1. The number of rotatable bonds is 1. The molecule has 1 aromatic rings. The monoisotopic (exact) mass is 191 g/mol. The lowest BCUT2D eigenvalue weighted by molar-refractivity contribution is 0.138. The highest BCUT2D eigenvalue weighted by Crippen LogP contribution is 2.34. The molecule has 0 aliphatic carbocycles. The summed E-state index contributed by atoms with van der Waals surface area (Å²) in [6.45, 7) is 4.12. The van der Waals surface area contributed by atoms with Crippen LogP contribution in [0.4, 0.5) is 0 Å². The van der Waals surface area contributed by atoms with Crippen LogP contribution in [0.15, 0.2) is 23.4 Å². The van der Waals surface area contributed by atoms with Crippen LogP contribution < -0.4 is 4.74 Å². The Labute approximate surface area is 83.0 Å². The first-order valence-electron chi connectivity index (χ1n) is 4.60. The van der Waals surface area contributed by atoms with Crippen LogP contribution in [0, 0.1) is 0 Å². The first-order valence-corrected chi connectivity index (χ1v) is 4.60. The number of hydrogen-bond donors (Lipinski definition) is 1. The van der Waals surface area contributed by atoms with Gasteiger partial charge in [-0.3, -0.25) is 0 Å². The van der Waals surface area contributed by atoms with Crippen molar-refractivity contribution in [1.29, 1.82) is 0 Å². The zero-order valence-corrected chi connectivity index (χ0v) is 8.32. The molecule has 14 heavy (non-hydrogen) atoms. The van der Waals surface area contributed by atoms with E-state index in [0.717, 1.165) is 17.7 Å². The zero-order chi connectivity index (χ0) is 10.2. The molecule has 1 aliphatic heterocycles. The van der Waals surface area contributed by atoms with E-state index in [2.05, 4.69) is 19.0 Å². The molecule has 0 amide bonds. The minimum Gasteiger partial charge on any atom is -0.487 e. The summed E-state index contributed by atoms with van der Waals surface area (Å²) in [5.74, 6) is 0.935. The van der Waals surface area contributed by atoms with Gasteiger partial charge in [0.2, 0.25) is 0 Å². The van der Waals surface area contributed by atoms with Crippen LogP contribution in [-0.2, 0) is 6.42 Å². The third kappa shape index (κ3) is 1.58. The van der Waals surface area contributed by atoms with E-state index in [1.165, 1.54) is 11.8 Å². The summed E-state index contributed by atoms with van der Waals surface area (Å²) in [7, 11) is 0. The predicted molar refractivity (Wildman–Crippen MR) is 54.2 cm³/mol. The van der Waals surface area contributed by atoms with Gasteiger partial charge in [-0.2, -0.15) is 0 Å². The van der Waals surface area contributed by atoms with E-state index in [1.54, 1.807) is 0 Å². The average Bonchev–Trinajstić information content (AvgIpc) is 2.38. The van der Waals surface area contributed by atoms with Gasteiger partial charge in [-0.25, -0.2) is 0 Å². The number of oxime groups is 1. The van der Waals surface area contributed by atoms with Crippen LogP contribution in [-0.4, -0.2) is 17.0 Å². The molecule has 74 valence electrons. The molecule has 3 heteroatoms. The zero-order valence-electron chi connectivity index (χ0n) is 8.32. The van der Waals surface area contributed by atoms with Crippen molar-refractivity contribution in [2.75, 3.05) is 0 Å². The maximum Gasteiger partial charge on any atom is 0.123 e. The first-order chi connectivity index (χ1) is 6.61. The predicted octanol–water partition coefficient (Wildman–Crippen LogP) is 2.21. The third-order valence-corrected chi connectivity index (χ3v) is 2.29. The van der Waals surface area contributed by atoms with E-state index in [9.17, 15) is 0 Å². The quantitative estimate of drug-likeness (QED) is 0.420. The Morgan fingerprint density at radius 3 is 3.00 bits per heavy atom. The van der Waals surface area contributed by atoms with Crippen molar-refractivity contribution in [2.24, 2.45) is 5.16 Å². The second-order valence-electron chi connectivity index (χ2n) is 4.15. The van der Waals surface area contributed by atoms with Crippen LogP contribution in [0.5, 0.6) is 5.75 Å². The van der Waals surface area contributed by atoms with Crippen LogP contribution in [0.2, 0.25) is 0 Å². The van der Waals surface area contributed by atoms with Gasteiger partial charge in [0.15, 0.2) is 0 Å². The Hall–Kier alpha value is -1.51. The summed E-state index contributed by atoms with van der Waals surface area (Å²) in [5, 5.41) is 11.4. The lowest BCUT2D eigenvalue weighted by Crippen LogP contribution is -2.24. The van der Waals surface area contributed by atoms with Crippen LogP contribution >= 0.6 is 0 Å². The van der Waals surface area contributed by atoms with Gasteiger partial charge in [0, 0.05) is 6.42 Å². The van der Waals surface area contributed by atoms with Crippen LogP contribution in [0.25, 0.3) is 0 Å².